The molecular weight excluding hydrogens is 300 g/mol. The van der Waals surface area contributed by atoms with Gasteiger partial charge in [0, 0.05) is 38.6 Å². The zero-order valence-corrected chi connectivity index (χ0v) is 14.8. The average Bonchev–Trinajstić information content (AvgIpc) is 2.61. The molecule has 4 nitrogen and oxygen atoms in total. The maximum atomic E-state index is 11.8. The lowest BCUT2D eigenvalue weighted by atomic mass is 9.74. The van der Waals surface area contributed by atoms with Crippen molar-refractivity contribution >= 4 is 5.91 Å². The second kappa shape index (κ2) is 6.40. The average molecular weight is 328 g/mol. The molecule has 3 aliphatic heterocycles. The molecule has 0 aromatic heterocycles. The van der Waals surface area contributed by atoms with E-state index in [1.54, 1.807) is 14.0 Å². The largest absolute Gasteiger partial charge is 0.497 e. The Balaban J connectivity index is 1.56. The molecule has 3 aliphatic rings. The zero-order chi connectivity index (χ0) is 16.7. The van der Waals surface area contributed by atoms with Gasteiger partial charge in [0.05, 0.1) is 7.11 Å². The first-order valence-electron chi connectivity index (χ1n) is 9.31. The molecule has 130 valence electrons. The summed E-state index contributed by atoms with van der Waals surface area (Å²) in [6, 6.07) is 9.81. The Kier molecular flexibility index (Phi) is 4.25. The van der Waals surface area contributed by atoms with Gasteiger partial charge in [-0.25, -0.2) is 0 Å². The van der Waals surface area contributed by atoms with E-state index in [1.807, 2.05) is 0 Å². The van der Waals surface area contributed by atoms with E-state index in [4.69, 9.17) is 4.74 Å². The van der Waals surface area contributed by atoms with Crippen LogP contribution in [0, 0.1) is 11.8 Å². The van der Waals surface area contributed by atoms with Crippen molar-refractivity contribution in [2.45, 2.75) is 44.7 Å². The minimum Gasteiger partial charge on any atom is -0.497 e. The van der Waals surface area contributed by atoms with Crippen LogP contribution in [-0.2, 0) is 4.79 Å². The Morgan fingerprint density at radius 2 is 1.92 bits per heavy atom. The normalized spacial score (nSPS) is 33.0. The Labute approximate surface area is 144 Å². The number of hydrogen-bond donors (Lipinski definition) is 0. The summed E-state index contributed by atoms with van der Waals surface area (Å²) in [5.41, 5.74) is 1.42. The third-order valence-electron chi connectivity index (χ3n) is 6.33. The lowest BCUT2D eigenvalue weighted by Gasteiger charge is -2.55. The lowest BCUT2D eigenvalue weighted by molar-refractivity contribution is -0.136. The van der Waals surface area contributed by atoms with Crippen LogP contribution in [0.5, 0.6) is 5.75 Å². The van der Waals surface area contributed by atoms with E-state index in [1.165, 1.54) is 31.2 Å². The van der Waals surface area contributed by atoms with Gasteiger partial charge in [-0.05, 0) is 55.2 Å². The topological polar surface area (TPSA) is 32.8 Å². The first-order chi connectivity index (χ1) is 11.7. The number of rotatable bonds is 2. The molecule has 2 bridgehead atoms. The summed E-state index contributed by atoms with van der Waals surface area (Å²) in [4.78, 5) is 16.7. The van der Waals surface area contributed by atoms with Gasteiger partial charge < -0.3 is 9.64 Å². The van der Waals surface area contributed by atoms with Crippen molar-refractivity contribution < 1.29 is 9.53 Å². The third kappa shape index (κ3) is 2.81. The van der Waals surface area contributed by atoms with Gasteiger partial charge in [-0.15, -0.1) is 0 Å². The van der Waals surface area contributed by atoms with Crippen molar-refractivity contribution in [1.82, 2.24) is 9.80 Å². The van der Waals surface area contributed by atoms with Crippen molar-refractivity contribution in [2.75, 3.05) is 26.7 Å². The number of benzene rings is 1. The zero-order valence-electron chi connectivity index (χ0n) is 14.8. The van der Waals surface area contributed by atoms with Crippen LogP contribution in [0.15, 0.2) is 24.3 Å². The van der Waals surface area contributed by atoms with Gasteiger partial charge in [0.2, 0.25) is 5.91 Å². The summed E-state index contributed by atoms with van der Waals surface area (Å²) in [6.07, 6.45) is 5.13. The van der Waals surface area contributed by atoms with Crippen LogP contribution in [-0.4, -0.2) is 48.5 Å². The molecule has 4 rings (SSSR count). The predicted octanol–water partition coefficient (Wildman–Crippen LogP) is 3.09. The molecule has 3 saturated heterocycles. The van der Waals surface area contributed by atoms with Crippen molar-refractivity contribution in [3.63, 3.8) is 0 Å². The fraction of sp³-hybridized carbons (Fsp3) is 0.650. The molecule has 0 spiro atoms. The summed E-state index contributed by atoms with van der Waals surface area (Å²) >= 11 is 0. The molecule has 0 saturated carbocycles. The van der Waals surface area contributed by atoms with Crippen molar-refractivity contribution in [1.29, 1.82) is 0 Å². The van der Waals surface area contributed by atoms with Gasteiger partial charge in [-0.2, -0.15) is 0 Å². The van der Waals surface area contributed by atoms with Crippen molar-refractivity contribution in [3.8, 4) is 5.75 Å². The second-order valence-electron chi connectivity index (χ2n) is 7.77. The number of carbonyl (C=O) groups is 1. The Morgan fingerprint density at radius 1 is 1.12 bits per heavy atom. The highest BCUT2D eigenvalue weighted by Gasteiger charge is 2.45. The SMILES string of the molecule is COc1ccc([C@H]2CCC[C@H]3[C@@H]4C[C@@H](CN(C(C)=O)C4)CN23)cc1. The van der Waals surface area contributed by atoms with Gasteiger partial charge in [-0.3, -0.25) is 9.69 Å². The molecule has 0 aliphatic carbocycles. The second-order valence-corrected chi connectivity index (χ2v) is 7.77. The first kappa shape index (κ1) is 15.9. The number of piperidine rings is 3. The van der Waals surface area contributed by atoms with Gasteiger partial charge in [0.1, 0.15) is 5.75 Å². The maximum Gasteiger partial charge on any atom is 0.219 e. The van der Waals surface area contributed by atoms with E-state index in [9.17, 15) is 4.79 Å². The Morgan fingerprint density at radius 3 is 2.62 bits per heavy atom. The minimum atomic E-state index is 0.251. The van der Waals surface area contributed by atoms with Crippen LogP contribution >= 0.6 is 0 Å². The van der Waals surface area contributed by atoms with E-state index in [0.717, 1.165) is 25.4 Å². The van der Waals surface area contributed by atoms with E-state index in [2.05, 4.69) is 34.1 Å². The van der Waals surface area contributed by atoms with Gasteiger partial charge in [0.25, 0.3) is 0 Å². The molecular formula is C20H28N2O2. The monoisotopic (exact) mass is 328 g/mol. The lowest BCUT2D eigenvalue weighted by Crippen LogP contribution is -2.60. The molecule has 4 atom stereocenters. The van der Waals surface area contributed by atoms with Crippen LogP contribution in [0.1, 0.15) is 44.2 Å². The molecule has 3 fully saturated rings. The van der Waals surface area contributed by atoms with E-state index < -0.39 is 0 Å². The highest BCUT2D eigenvalue weighted by molar-refractivity contribution is 5.73. The molecule has 0 unspecified atom stereocenters. The van der Waals surface area contributed by atoms with E-state index >= 15 is 0 Å². The smallest absolute Gasteiger partial charge is 0.219 e. The molecule has 1 aromatic rings. The molecule has 24 heavy (non-hydrogen) atoms. The number of likely N-dealkylation sites (tertiary alicyclic amines) is 1. The number of amides is 1. The molecule has 0 radical (unpaired) electrons. The fourth-order valence-electron chi connectivity index (χ4n) is 5.25. The standard InChI is InChI=1S/C20H28N2O2/c1-14(23)21-11-15-10-17(13-21)20-5-3-4-19(22(20)12-15)16-6-8-18(24-2)9-7-16/h6-9,15,17,19-20H,3-5,10-13H2,1-2H3/t15-,17+,19+,20-/m0/s1. The van der Waals surface area contributed by atoms with Crippen LogP contribution in [0.2, 0.25) is 0 Å². The summed E-state index contributed by atoms with van der Waals surface area (Å²) in [5.74, 6) is 2.48. The number of ether oxygens (including phenoxy) is 1. The predicted molar refractivity (Wildman–Crippen MR) is 93.9 cm³/mol. The molecule has 4 heteroatoms. The number of fused-ring (bicyclic) bond motifs is 4. The van der Waals surface area contributed by atoms with Gasteiger partial charge in [-0.1, -0.05) is 12.1 Å². The fourth-order valence-corrected chi connectivity index (χ4v) is 5.25. The Hall–Kier alpha value is -1.55. The van der Waals surface area contributed by atoms with Gasteiger partial charge in [0.15, 0.2) is 0 Å². The minimum absolute atomic E-state index is 0.251. The molecule has 0 N–H and O–H groups in total. The summed E-state index contributed by atoms with van der Waals surface area (Å²) < 4.78 is 5.31. The summed E-state index contributed by atoms with van der Waals surface area (Å²) in [6.45, 7) is 4.77. The molecule has 1 aromatic carbocycles. The van der Waals surface area contributed by atoms with Crippen LogP contribution in [0.25, 0.3) is 0 Å². The van der Waals surface area contributed by atoms with E-state index in [0.29, 0.717) is 23.9 Å². The van der Waals surface area contributed by atoms with Crippen LogP contribution in [0.3, 0.4) is 0 Å². The number of carbonyl (C=O) groups excluding carboxylic acids is 1. The highest BCUT2D eigenvalue weighted by atomic mass is 16.5. The quantitative estimate of drug-likeness (QED) is 0.836. The third-order valence-corrected chi connectivity index (χ3v) is 6.33. The number of methoxy groups -OCH3 is 1. The van der Waals surface area contributed by atoms with Crippen molar-refractivity contribution in [3.05, 3.63) is 29.8 Å². The number of nitrogens with zero attached hydrogens (tertiary/aromatic N) is 2. The van der Waals surface area contributed by atoms with Crippen LogP contribution in [0.4, 0.5) is 0 Å². The van der Waals surface area contributed by atoms with Gasteiger partial charge >= 0.3 is 0 Å². The number of hydrogen-bond acceptors (Lipinski definition) is 3. The molecule has 1 amide bonds. The summed E-state index contributed by atoms with van der Waals surface area (Å²) in [5, 5.41) is 0. The highest BCUT2D eigenvalue weighted by Crippen LogP contribution is 2.44. The maximum absolute atomic E-state index is 11.8. The van der Waals surface area contributed by atoms with E-state index in [-0.39, 0.29) is 5.91 Å². The molecule has 3 heterocycles. The van der Waals surface area contributed by atoms with Crippen LogP contribution < -0.4 is 4.74 Å². The summed E-state index contributed by atoms with van der Waals surface area (Å²) in [7, 11) is 1.72. The van der Waals surface area contributed by atoms with Crippen molar-refractivity contribution in [2.24, 2.45) is 11.8 Å². The first-order valence-corrected chi connectivity index (χ1v) is 9.31. The Bertz CT molecular complexity index is 600.